The van der Waals surface area contributed by atoms with Crippen LogP contribution in [-0.2, 0) is 9.59 Å². The molecule has 0 bridgehead atoms. The summed E-state index contributed by atoms with van der Waals surface area (Å²) in [5.74, 6) is -0.843. The van der Waals surface area contributed by atoms with Crippen LogP contribution in [0.25, 0.3) is 0 Å². The summed E-state index contributed by atoms with van der Waals surface area (Å²) >= 11 is 0. The van der Waals surface area contributed by atoms with Crippen LogP contribution >= 0.6 is 0 Å². The molecule has 0 aromatic rings. The third-order valence-corrected chi connectivity index (χ3v) is 2.86. The van der Waals surface area contributed by atoms with Crippen molar-refractivity contribution in [2.45, 2.75) is 52.5 Å². The van der Waals surface area contributed by atoms with Crippen molar-refractivity contribution in [3.05, 3.63) is 0 Å². The highest BCUT2D eigenvalue weighted by Crippen LogP contribution is 1.98. The van der Waals surface area contributed by atoms with Crippen molar-refractivity contribution in [1.29, 1.82) is 0 Å². The van der Waals surface area contributed by atoms with Crippen LogP contribution in [0.1, 0.15) is 46.5 Å². The maximum absolute atomic E-state index is 11.7. The number of amides is 1. The lowest BCUT2D eigenvalue weighted by atomic mass is 10.2. The third-order valence-electron chi connectivity index (χ3n) is 2.86. The van der Waals surface area contributed by atoms with Crippen molar-refractivity contribution in [2.24, 2.45) is 0 Å². The summed E-state index contributed by atoms with van der Waals surface area (Å²) in [6.07, 6.45) is 3.00. The van der Waals surface area contributed by atoms with Crippen molar-refractivity contribution >= 4 is 11.9 Å². The second-order valence-corrected chi connectivity index (χ2v) is 4.65. The molecule has 0 aliphatic rings. The maximum atomic E-state index is 11.7. The lowest BCUT2D eigenvalue weighted by molar-refractivity contribution is -0.137. The van der Waals surface area contributed by atoms with E-state index in [4.69, 9.17) is 5.11 Å². The Morgan fingerprint density at radius 3 is 2.44 bits per heavy atom. The quantitative estimate of drug-likeness (QED) is 0.622. The molecular weight excluding hydrogens is 232 g/mol. The molecule has 0 aliphatic carbocycles. The van der Waals surface area contributed by atoms with Gasteiger partial charge in [0, 0.05) is 12.6 Å². The molecule has 0 saturated carbocycles. The van der Waals surface area contributed by atoms with Gasteiger partial charge in [-0.2, -0.15) is 0 Å². The summed E-state index contributed by atoms with van der Waals surface area (Å²) in [6, 6.07) is 0.171. The van der Waals surface area contributed by atoms with Crippen LogP contribution in [0.4, 0.5) is 0 Å². The number of carboxylic acid groups (broad SMARTS) is 1. The fourth-order valence-electron chi connectivity index (χ4n) is 1.53. The van der Waals surface area contributed by atoms with E-state index in [1.54, 1.807) is 0 Å². The molecular formula is C13H26N2O3. The first-order valence-corrected chi connectivity index (χ1v) is 6.73. The number of aliphatic carboxylic acids is 1. The van der Waals surface area contributed by atoms with E-state index >= 15 is 0 Å². The zero-order chi connectivity index (χ0) is 14.0. The topological polar surface area (TPSA) is 69.6 Å². The molecule has 0 spiro atoms. The zero-order valence-electron chi connectivity index (χ0n) is 11.7. The highest BCUT2D eigenvalue weighted by atomic mass is 16.4. The molecule has 0 saturated heterocycles. The Hall–Kier alpha value is -1.10. The van der Waals surface area contributed by atoms with Gasteiger partial charge in [-0.25, -0.2) is 0 Å². The number of nitrogens with zero attached hydrogens (tertiary/aromatic N) is 1. The summed E-state index contributed by atoms with van der Waals surface area (Å²) in [5.41, 5.74) is 0. The Morgan fingerprint density at radius 2 is 1.94 bits per heavy atom. The molecule has 1 amide bonds. The van der Waals surface area contributed by atoms with Gasteiger partial charge in [0.15, 0.2) is 0 Å². The first-order valence-electron chi connectivity index (χ1n) is 6.73. The highest BCUT2D eigenvalue weighted by molar-refractivity contribution is 5.78. The Morgan fingerprint density at radius 1 is 1.28 bits per heavy atom. The van der Waals surface area contributed by atoms with Crippen LogP contribution < -0.4 is 5.32 Å². The van der Waals surface area contributed by atoms with Crippen LogP contribution in [0, 0.1) is 0 Å². The van der Waals surface area contributed by atoms with E-state index in [1.165, 1.54) is 0 Å². The molecule has 5 nitrogen and oxygen atoms in total. The van der Waals surface area contributed by atoms with E-state index in [2.05, 4.69) is 12.2 Å². The van der Waals surface area contributed by atoms with Crippen molar-refractivity contribution in [3.8, 4) is 0 Å². The lowest BCUT2D eigenvalue weighted by Crippen LogP contribution is -2.41. The van der Waals surface area contributed by atoms with Crippen LogP contribution in [-0.4, -0.2) is 47.6 Å². The average Bonchev–Trinajstić information content (AvgIpc) is 2.32. The number of hydrogen-bond donors (Lipinski definition) is 2. The zero-order valence-corrected chi connectivity index (χ0v) is 11.7. The summed E-state index contributed by atoms with van der Waals surface area (Å²) in [6.45, 7) is 7.56. The van der Waals surface area contributed by atoms with Crippen LogP contribution in [0.3, 0.4) is 0 Å². The Labute approximate surface area is 110 Å². The SMILES string of the molecule is CCCCN(CCC(=O)O)CC(=O)NC(C)CC. The summed E-state index contributed by atoms with van der Waals surface area (Å²) in [5, 5.41) is 11.6. The van der Waals surface area contributed by atoms with Gasteiger partial charge < -0.3 is 10.4 Å². The first-order chi connectivity index (χ1) is 8.49. The number of rotatable bonds is 10. The van der Waals surface area contributed by atoms with Crippen molar-refractivity contribution in [1.82, 2.24) is 10.2 Å². The molecule has 106 valence electrons. The molecule has 0 radical (unpaired) electrons. The Kier molecular flexibility index (Phi) is 9.28. The molecule has 1 atom stereocenters. The minimum absolute atomic E-state index is 0.0224. The van der Waals surface area contributed by atoms with Gasteiger partial charge >= 0.3 is 5.97 Å². The summed E-state index contributed by atoms with van der Waals surface area (Å²) < 4.78 is 0. The van der Waals surface area contributed by atoms with E-state index in [0.717, 1.165) is 25.8 Å². The van der Waals surface area contributed by atoms with E-state index in [9.17, 15) is 9.59 Å². The molecule has 0 fully saturated rings. The average molecular weight is 258 g/mol. The number of hydrogen-bond acceptors (Lipinski definition) is 3. The van der Waals surface area contributed by atoms with Gasteiger partial charge in [-0.15, -0.1) is 0 Å². The summed E-state index contributed by atoms with van der Waals surface area (Å²) in [7, 11) is 0. The molecule has 0 aromatic carbocycles. The fraction of sp³-hybridized carbons (Fsp3) is 0.846. The highest BCUT2D eigenvalue weighted by Gasteiger charge is 2.13. The lowest BCUT2D eigenvalue weighted by Gasteiger charge is -2.21. The van der Waals surface area contributed by atoms with Gasteiger partial charge in [0.05, 0.1) is 13.0 Å². The predicted molar refractivity (Wildman–Crippen MR) is 71.5 cm³/mol. The molecule has 0 aliphatic heterocycles. The molecule has 0 aromatic heterocycles. The van der Waals surface area contributed by atoms with Crippen LogP contribution in [0.5, 0.6) is 0 Å². The van der Waals surface area contributed by atoms with Crippen molar-refractivity contribution < 1.29 is 14.7 Å². The molecule has 5 heteroatoms. The molecule has 2 N–H and O–H groups in total. The molecule has 0 heterocycles. The molecule has 18 heavy (non-hydrogen) atoms. The van der Waals surface area contributed by atoms with Crippen molar-refractivity contribution in [2.75, 3.05) is 19.6 Å². The van der Waals surface area contributed by atoms with Gasteiger partial charge in [0.1, 0.15) is 0 Å². The van der Waals surface area contributed by atoms with E-state index in [0.29, 0.717) is 6.54 Å². The monoisotopic (exact) mass is 258 g/mol. The molecule has 1 unspecified atom stereocenters. The first kappa shape index (κ1) is 16.9. The number of carboxylic acids is 1. The molecule has 0 rings (SSSR count). The standard InChI is InChI=1S/C13H26N2O3/c1-4-6-8-15(9-7-13(17)18)10-12(16)14-11(3)5-2/h11H,4-10H2,1-3H3,(H,14,16)(H,17,18). The Balaban J connectivity index is 4.11. The number of unbranched alkanes of at least 4 members (excludes halogenated alkanes) is 1. The maximum Gasteiger partial charge on any atom is 0.304 e. The van der Waals surface area contributed by atoms with E-state index < -0.39 is 5.97 Å². The smallest absolute Gasteiger partial charge is 0.304 e. The largest absolute Gasteiger partial charge is 0.481 e. The van der Waals surface area contributed by atoms with E-state index in [1.807, 2.05) is 18.7 Å². The predicted octanol–water partition coefficient (Wildman–Crippen LogP) is 1.48. The minimum Gasteiger partial charge on any atom is -0.481 e. The second kappa shape index (κ2) is 9.88. The van der Waals surface area contributed by atoms with Gasteiger partial charge in [-0.3, -0.25) is 14.5 Å². The van der Waals surface area contributed by atoms with Gasteiger partial charge in [-0.1, -0.05) is 20.3 Å². The summed E-state index contributed by atoms with van der Waals surface area (Å²) in [4.78, 5) is 24.2. The van der Waals surface area contributed by atoms with E-state index in [-0.39, 0.29) is 24.9 Å². The minimum atomic E-state index is -0.821. The van der Waals surface area contributed by atoms with Crippen molar-refractivity contribution in [3.63, 3.8) is 0 Å². The normalized spacial score (nSPS) is 12.4. The fourth-order valence-corrected chi connectivity index (χ4v) is 1.53. The Bertz CT molecular complexity index is 257. The van der Waals surface area contributed by atoms with Gasteiger partial charge in [0.2, 0.25) is 5.91 Å². The third kappa shape index (κ3) is 8.98. The number of carbonyl (C=O) groups is 2. The van der Waals surface area contributed by atoms with Gasteiger partial charge in [-0.05, 0) is 26.3 Å². The number of carbonyl (C=O) groups excluding carboxylic acids is 1. The van der Waals surface area contributed by atoms with Crippen LogP contribution in [0.2, 0.25) is 0 Å². The van der Waals surface area contributed by atoms with Gasteiger partial charge in [0.25, 0.3) is 0 Å². The van der Waals surface area contributed by atoms with Crippen LogP contribution in [0.15, 0.2) is 0 Å². The number of nitrogens with one attached hydrogen (secondary N) is 1. The second-order valence-electron chi connectivity index (χ2n) is 4.65.